The minimum absolute atomic E-state index is 0.0111. The Morgan fingerprint density at radius 1 is 1.29 bits per heavy atom. The molecule has 164 valence electrons. The van der Waals surface area contributed by atoms with Gasteiger partial charge in [-0.25, -0.2) is 8.42 Å². The molecular weight excluding hydrogens is 458 g/mol. The van der Waals surface area contributed by atoms with Gasteiger partial charge in [-0.2, -0.15) is 0 Å². The quantitative estimate of drug-likeness (QED) is 0.707. The number of nitrogens with one attached hydrogen (secondary N) is 1. The van der Waals surface area contributed by atoms with Gasteiger partial charge >= 0.3 is 0 Å². The average Bonchev–Trinajstić information content (AvgIpc) is 3.19. The van der Waals surface area contributed by atoms with Gasteiger partial charge in [0.05, 0.1) is 30.3 Å². The number of aliphatic imine (C=N–C) groups is 1. The Hall–Kier alpha value is -2.23. The van der Waals surface area contributed by atoms with E-state index in [-0.39, 0.29) is 35.2 Å². The zero-order valence-electron chi connectivity index (χ0n) is 17.0. The Morgan fingerprint density at radius 3 is 2.81 bits per heavy atom. The van der Waals surface area contributed by atoms with Crippen LogP contribution >= 0.6 is 23.4 Å². The van der Waals surface area contributed by atoms with Crippen LogP contribution in [0.5, 0.6) is 5.75 Å². The van der Waals surface area contributed by atoms with E-state index in [2.05, 4.69) is 10.3 Å². The van der Waals surface area contributed by atoms with E-state index < -0.39 is 9.84 Å². The van der Waals surface area contributed by atoms with Gasteiger partial charge in [-0.1, -0.05) is 35.5 Å². The monoisotopic (exact) mass is 479 g/mol. The summed E-state index contributed by atoms with van der Waals surface area (Å²) in [6.07, 6.45) is 0. The van der Waals surface area contributed by atoms with Crippen molar-refractivity contribution in [3.63, 3.8) is 0 Å². The molecule has 31 heavy (non-hydrogen) atoms. The molecule has 2 aromatic rings. The van der Waals surface area contributed by atoms with Crippen molar-refractivity contribution < 1.29 is 17.9 Å². The van der Waals surface area contributed by atoms with Gasteiger partial charge in [0, 0.05) is 16.0 Å². The molecule has 1 amide bonds. The molecule has 2 atom stereocenters. The fourth-order valence-corrected chi connectivity index (χ4v) is 7.60. The van der Waals surface area contributed by atoms with E-state index in [0.29, 0.717) is 21.6 Å². The van der Waals surface area contributed by atoms with Gasteiger partial charge in [-0.05, 0) is 42.8 Å². The van der Waals surface area contributed by atoms with Crippen molar-refractivity contribution in [1.29, 1.82) is 0 Å². The van der Waals surface area contributed by atoms with Crippen molar-refractivity contribution in [2.45, 2.75) is 18.2 Å². The maximum absolute atomic E-state index is 13.0. The summed E-state index contributed by atoms with van der Waals surface area (Å²) < 4.78 is 29.1. The fraction of sp³-hybridized carbons (Fsp3) is 0.333. The predicted octanol–water partition coefficient (Wildman–Crippen LogP) is 3.37. The van der Waals surface area contributed by atoms with Crippen LogP contribution in [0, 0.1) is 6.92 Å². The Balaban J connectivity index is 1.59. The molecule has 0 spiro atoms. The van der Waals surface area contributed by atoms with E-state index in [1.54, 1.807) is 18.2 Å². The summed E-state index contributed by atoms with van der Waals surface area (Å²) in [4.78, 5) is 19.4. The smallest absolute Gasteiger partial charge is 0.244 e. The molecule has 2 aliphatic heterocycles. The van der Waals surface area contributed by atoms with Gasteiger partial charge in [0.25, 0.3) is 0 Å². The Kier molecular flexibility index (Phi) is 6.18. The lowest BCUT2D eigenvalue weighted by Gasteiger charge is -2.24. The van der Waals surface area contributed by atoms with Crippen LogP contribution in [0.1, 0.15) is 5.56 Å². The first-order valence-corrected chi connectivity index (χ1v) is 12.7. The Morgan fingerprint density at radius 2 is 2.10 bits per heavy atom. The summed E-state index contributed by atoms with van der Waals surface area (Å²) >= 11 is 7.49. The molecule has 2 heterocycles. The summed E-state index contributed by atoms with van der Waals surface area (Å²) in [5.41, 5.74) is 2.35. The van der Waals surface area contributed by atoms with Crippen LogP contribution < -0.4 is 15.0 Å². The number of hydrogen-bond donors (Lipinski definition) is 1. The van der Waals surface area contributed by atoms with Gasteiger partial charge in [-0.15, -0.1) is 0 Å². The summed E-state index contributed by atoms with van der Waals surface area (Å²) in [7, 11) is -1.53. The largest absolute Gasteiger partial charge is 0.495 e. The molecule has 7 nitrogen and oxygen atoms in total. The number of anilines is 2. The number of sulfone groups is 1. The van der Waals surface area contributed by atoms with E-state index >= 15 is 0 Å². The van der Waals surface area contributed by atoms with Gasteiger partial charge in [0.1, 0.15) is 12.3 Å². The topological polar surface area (TPSA) is 88.1 Å². The normalized spacial score (nSPS) is 21.3. The second kappa shape index (κ2) is 8.72. The molecule has 0 aromatic heterocycles. The number of hydrogen-bond acceptors (Lipinski definition) is 7. The van der Waals surface area contributed by atoms with Crippen molar-refractivity contribution in [1.82, 2.24) is 0 Å². The van der Waals surface area contributed by atoms with Crippen LogP contribution in [-0.4, -0.2) is 55.9 Å². The molecule has 10 heteroatoms. The highest BCUT2D eigenvalue weighted by atomic mass is 35.5. The maximum atomic E-state index is 13.0. The number of amides is 1. The summed E-state index contributed by atoms with van der Waals surface area (Å²) in [5, 5.41) is 3.88. The number of halogens is 1. The number of benzene rings is 2. The van der Waals surface area contributed by atoms with Crippen molar-refractivity contribution in [3.05, 3.63) is 53.1 Å². The molecule has 1 saturated heterocycles. The van der Waals surface area contributed by atoms with Crippen molar-refractivity contribution in [2.75, 3.05) is 35.4 Å². The first-order chi connectivity index (χ1) is 14.7. The minimum atomic E-state index is -3.05. The van der Waals surface area contributed by atoms with Gasteiger partial charge < -0.3 is 15.0 Å². The summed E-state index contributed by atoms with van der Waals surface area (Å²) in [6, 6.07) is 12.5. The van der Waals surface area contributed by atoms with Crippen LogP contribution in [0.4, 0.5) is 11.4 Å². The Bertz CT molecular complexity index is 1150. The molecule has 1 fully saturated rings. The molecule has 4 rings (SSSR count). The van der Waals surface area contributed by atoms with Gasteiger partial charge in [0.2, 0.25) is 5.91 Å². The maximum Gasteiger partial charge on any atom is 0.244 e. The molecule has 2 aromatic carbocycles. The van der Waals surface area contributed by atoms with Crippen molar-refractivity contribution in [2.24, 2.45) is 4.99 Å². The van der Waals surface area contributed by atoms with Crippen LogP contribution in [0.3, 0.4) is 0 Å². The third kappa shape index (κ3) is 4.99. The van der Waals surface area contributed by atoms with E-state index in [0.717, 1.165) is 11.3 Å². The number of carbonyl (C=O) groups is 1. The second-order valence-electron chi connectivity index (χ2n) is 7.53. The third-order valence-corrected chi connectivity index (χ3v) is 8.57. The zero-order valence-corrected chi connectivity index (χ0v) is 19.4. The number of carbonyl (C=O) groups excluding carboxylic acids is 1. The van der Waals surface area contributed by atoms with E-state index in [1.165, 1.54) is 18.9 Å². The third-order valence-electron chi connectivity index (χ3n) is 5.09. The second-order valence-corrected chi connectivity index (χ2v) is 11.3. The predicted molar refractivity (Wildman–Crippen MR) is 126 cm³/mol. The number of aryl methyl sites for hydroxylation is 1. The number of thioether (sulfide) groups is 1. The van der Waals surface area contributed by atoms with Crippen molar-refractivity contribution in [3.8, 4) is 5.75 Å². The fourth-order valence-electron chi connectivity index (χ4n) is 3.65. The standard InChI is InChI=1S/C21H22ClN3O4S2/c1-13-4-3-5-15(8-13)25(21-24-17-11-31(27,28)12-19(17)30-21)10-20(26)23-16-9-14(22)6-7-18(16)29-2/h3-9,17,19H,10-12H2,1-2H3,(H,23,26)/t17-,19-/m1/s1. The van der Waals surface area contributed by atoms with Gasteiger partial charge in [0.15, 0.2) is 15.0 Å². The number of methoxy groups -OCH3 is 1. The molecular formula is C21H22ClN3O4S2. The van der Waals surface area contributed by atoms with E-state index in [1.807, 2.05) is 36.1 Å². The Labute approximate surface area is 190 Å². The molecule has 0 aliphatic carbocycles. The highest BCUT2D eigenvalue weighted by molar-refractivity contribution is 8.15. The number of fused-ring (bicyclic) bond motifs is 1. The minimum Gasteiger partial charge on any atom is -0.495 e. The summed E-state index contributed by atoms with van der Waals surface area (Å²) in [5.74, 6) is 0.409. The van der Waals surface area contributed by atoms with Crippen LogP contribution in [0.2, 0.25) is 5.02 Å². The highest BCUT2D eigenvalue weighted by Gasteiger charge is 2.44. The molecule has 0 radical (unpaired) electrons. The number of ether oxygens (including phenoxy) is 1. The lowest BCUT2D eigenvalue weighted by molar-refractivity contribution is -0.114. The first kappa shape index (κ1) is 22.0. The lowest BCUT2D eigenvalue weighted by atomic mass is 10.2. The van der Waals surface area contributed by atoms with Crippen LogP contribution in [0.25, 0.3) is 0 Å². The van der Waals surface area contributed by atoms with Crippen LogP contribution in [0.15, 0.2) is 47.5 Å². The number of amidine groups is 1. The molecule has 0 bridgehead atoms. The molecule has 0 saturated carbocycles. The number of rotatable bonds is 5. The van der Waals surface area contributed by atoms with E-state index in [9.17, 15) is 13.2 Å². The van der Waals surface area contributed by atoms with Gasteiger partial charge in [-0.3, -0.25) is 9.79 Å². The SMILES string of the molecule is COc1ccc(Cl)cc1NC(=O)CN(C1=N[C@@H]2CS(=O)(=O)C[C@H]2S1)c1cccc(C)c1. The highest BCUT2D eigenvalue weighted by Crippen LogP contribution is 2.37. The zero-order chi connectivity index (χ0) is 22.2. The van der Waals surface area contributed by atoms with Crippen LogP contribution in [-0.2, 0) is 14.6 Å². The first-order valence-electron chi connectivity index (χ1n) is 9.66. The number of nitrogens with zero attached hydrogens (tertiary/aromatic N) is 2. The summed E-state index contributed by atoms with van der Waals surface area (Å²) in [6.45, 7) is 1.99. The lowest BCUT2D eigenvalue weighted by Crippen LogP contribution is -2.36. The van der Waals surface area contributed by atoms with E-state index in [4.69, 9.17) is 16.3 Å². The molecule has 2 aliphatic rings. The molecule has 1 N–H and O–H groups in total. The average molecular weight is 480 g/mol. The van der Waals surface area contributed by atoms with Crippen molar-refractivity contribution >= 4 is 55.6 Å². The molecule has 0 unspecified atom stereocenters.